The summed E-state index contributed by atoms with van der Waals surface area (Å²) in [6, 6.07) is 3.43. The number of pyridine rings is 1. The fourth-order valence-electron chi connectivity index (χ4n) is 5.59. The molecule has 0 unspecified atom stereocenters. The number of anilines is 2. The lowest BCUT2D eigenvalue weighted by Gasteiger charge is -2.34. The molecule has 1 saturated heterocycles. The van der Waals surface area contributed by atoms with Gasteiger partial charge in [-0.25, -0.2) is 19.6 Å². The smallest absolute Gasteiger partial charge is 0.407 e. The number of rotatable bonds is 10. The maximum atomic E-state index is 13.0. The zero-order valence-corrected chi connectivity index (χ0v) is 26.8. The van der Waals surface area contributed by atoms with Crippen molar-refractivity contribution in [1.82, 2.24) is 20.3 Å². The summed E-state index contributed by atoms with van der Waals surface area (Å²) < 4.78 is 15.2. The van der Waals surface area contributed by atoms with E-state index >= 15 is 0 Å². The van der Waals surface area contributed by atoms with Crippen LogP contribution in [0.25, 0.3) is 0 Å². The van der Waals surface area contributed by atoms with E-state index in [0.29, 0.717) is 17.6 Å². The number of hydrogen-bond donors (Lipinski definition) is 2. The van der Waals surface area contributed by atoms with Gasteiger partial charge in [0.25, 0.3) is 0 Å². The van der Waals surface area contributed by atoms with E-state index in [9.17, 15) is 14.4 Å². The first-order valence-electron chi connectivity index (χ1n) is 15.5. The Morgan fingerprint density at radius 2 is 1.77 bits per heavy atom. The molecule has 3 heterocycles. The largest absolute Gasteiger partial charge is 0.469 e. The van der Waals surface area contributed by atoms with E-state index in [0.717, 1.165) is 50.2 Å². The summed E-state index contributed by atoms with van der Waals surface area (Å²) in [5, 5.41) is 5.76. The molecule has 2 aromatic heterocycles. The molecule has 4 rings (SSSR count). The number of fused-ring (bicyclic) bond motifs is 1. The van der Waals surface area contributed by atoms with Crippen LogP contribution in [0, 0.1) is 13.8 Å². The normalized spacial score (nSPS) is 16.0. The van der Waals surface area contributed by atoms with Gasteiger partial charge >= 0.3 is 18.0 Å². The lowest BCUT2D eigenvalue weighted by molar-refractivity contribution is -0.157. The fraction of sp³-hybridized carbons (Fsp3) is 0.625. The average molecular weight is 611 g/mol. The number of piperidine rings is 1. The Labute approximate surface area is 259 Å². The van der Waals surface area contributed by atoms with Crippen molar-refractivity contribution in [2.45, 2.75) is 97.1 Å². The highest BCUT2D eigenvalue weighted by Crippen LogP contribution is 2.33. The highest BCUT2D eigenvalue weighted by molar-refractivity contribution is 5.82. The molecule has 1 atom stereocenters. The van der Waals surface area contributed by atoms with Gasteiger partial charge in [-0.05, 0) is 84.8 Å². The predicted octanol–water partition coefficient (Wildman–Crippen LogP) is 4.16. The Balaban J connectivity index is 1.41. The van der Waals surface area contributed by atoms with Gasteiger partial charge in [-0.2, -0.15) is 0 Å². The number of carbonyl (C=O) groups is 3. The SMILES string of the molecule is COC(=O)CCOC(=O)N[C@@H](CNc1nc(C)nc(N2CCC(c3ccc4c(n3)CCCC4)CC2)c1C)C(=O)OC(C)(C)C. The van der Waals surface area contributed by atoms with Crippen LogP contribution in [0.3, 0.4) is 0 Å². The van der Waals surface area contributed by atoms with Gasteiger partial charge in [-0.1, -0.05) is 6.07 Å². The lowest BCUT2D eigenvalue weighted by atomic mass is 9.90. The second-order valence-corrected chi connectivity index (χ2v) is 12.5. The number of nitrogens with zero attached hydrogens (tertiary/aromatic N) is 4. The van der Waals surface area contributed by atoms with E-state index in [4.69, 9.17) is 19.4 Å². The van der Waals surface area contributed by atoms with Crippen molar-refractivity contribution in [3.63, 3.8) is 0 Å². The van der Waals surface area contributed by atoms with E-state index in [1.807, 2.05) is 13.8 Å². The number of aromatic nitrogens is 3. The molecule has 2 N–H and O–H groups in total. The number of hydrogen-bond acceptors (Lipinski definition) is 11. The Morgan fingerprint density at radius 3 is 2.48 bits per heavy atom. The molecule has 0 radical (unpaired) electrons. The van der Waals surface area contributed by atoms with Gasteiger partial charge < -0.3 is 29.7 Å². The second-order valence-electron chi connectivity index (χ2n) is 12.5. The molecular formula is C32H46N6O6. The minimum absolute atomic E-state index is 0.00379. The quantitative estimate of drug-likeness (QED) is 0.295. The number of nitrogens with one attached hydrogen (secondary N) is 2. The van der Waals surface area contributed by atoms with E-state index < -0.39 is 29.7 Å². The van der Waals surface area contributed by atoms with Gasteiger partial charge in [0, 0.05) is 42.5 Å². The highest BCUT2D eigenvalue weighted by Gasteiger charge is 2.29. The summed E-state index contributed by atoms with van der Waals surface area (Å²) in [5.74, 6) is 1.30. The van der Waals surface area contributed by atoms with Crippen LogP contribution in [0.1, 0.15) is 87.1 Å². The van der Waals surface area contributed by atoms with Crippen LogP contribution < -0.4 is 15.5 Å². The third-order valence-electron chi connectivity index (χ3n) is 7.87. The third-order valence-corrected chi connectivity index (χ3v) is 7.87. The summed E-state index contributed by atoms with van der Waals surface area (Å²) >= 11 is 0. The Bertz CT molecular complexity index is 1340. The van der Waals surface area contributed by atoms with Crippen LogP contribution in [-0.2, 0) is 36.6 Å². The van der Waals surface area contributed by atoms with E-state index in [-0.39, 0.29) is 19.6 Å². The Kier molecular flexibility index (Phi) is 11.0. The number of amides is 1. The predicted molar refractivity (Wildman–Crippen MR) is 166 cm³/mol. The van der Waals surface area contributed by atoms with Crippen molar-refractivity contribution in [3.8, 4) is 0 Å². The molecule has 0 aromatic carbocycles. The first-order chi connectivity index (χ1) is 20.9. The van der Waals surface area contributed by atoms with Gasteiger partial charge in [0.05, 0.1) is 13.5 Å². The topological polar surface area (TPSA) is 145 Å². The van der Waals surface area contributed by atoms with E-state index in [1.165, 1.54) is 36.9 Å². The van der Waals surface area contributed by atoms with E-state index in [2.05, 4.69) is 37.4 Å². The summed E-state index contributed by atoms with van der Waals surface area (Å²) in [7, 11) is 1.25. The molecule has 0 bridgehead atoms. The molecule has 2 aromatic rings. The summed E-state index contributed by atoms with van der Waals surface area (Å²) in [5.41, 5.74) is 3.98. The van der Waals surface area contributed by atoms with Crippen LogP contribution in [0.4, 0.5) is 16.4 Å². The van der Waals surface area contributed by atoms with Crippen molar-refractivity contribution in [3.05, 3.63) is 40.5 Å². The van der Waals surface area contributed by atoms with Gasteiger partial charge in [0.15, 0.2) is 0 Å². The monoisotopic (exact) mass is 610 g/mol. The van der Waals surface area contributed by atoms with Crippen molar-refractivity contribution >= 4 is 29.7 Å². The van der Waals surface area contributed by atoms with Crippen molar-refractivity contribution in [2.75, 3.05) is 43.6 Å². The third kappa shape index (κ3) is 9.03. The molecule has 12 heteroatoms. The van der Waals surface area contributed by atoms with Gasteiger partial charge in [0.1, 0.15) is 35.7 Å². The number of methoxy groups -OCH3 is 1. The number of aryl methyl sites for hydroxylation is 3. The Morgan fingerprint density at radius 1 is 1.05 bits per heavy atom. The second kappa shape index (κ2) is 14.7. The first-order valence-corrected chi connectivity index (χ1v) is 15.5. The molecular weight excluding hydrogens is 564 g/mol. The molecule has 1 amide bonds. The van der Waals surface area contributed by atoms with Crippen molar-refractivity contribution in [2.24, 2.45) is 0 Å². The summed E-state index contributed by atoms with van der Waals surface area (Å²) in [6.07, 6.45) is 5.73. The minimum Gasteiger partial charge on any atom is -0.469 e. The molecule has 12 nitrogen and oxygen atoms in total. The van der Waals surface area contributed by atoms with Gasteiger partial charge in [0.2, 0.25) is 0 Å². The van der Waals surface area contributed by atoms with E-state index in [1.54, 1.807) is 20.8 Å². The van der Waals surface area contributed by atoms with Crippen LogP contribution in [0.5, 0.6) is 0 Å². The summed E-state index contributed by atoms with van der Waals surface area (Å²) in [4.78, 5) is 53.4. The van der Waals surface area contributed by atoms with Crippen molar-refractivity contribution < 1.29 is 28.6 Å². The van der Waals surface area contributed by atoms with Crippen LogP contribution in [0.2, 0.25) is 0 Å². The highest BCUT2D eigenvalue weighted by atomic mass is 16.6. The molecule has 1 fully saturated rings. The van der Waals surface area contributed by atoms with Gasteiger partial charge in [-0.15, -0.1) is 0 Å². The maximum Gasteiger partial charge on any atom is 0.407 e. The zero-order chi connectivity index (χ0) is 31.9. The van der Waals surface area contributed by atoms with Crippen LogP contribution in [-0.4, -0.2) is 78.0 Å². The fourth-order valence-corrected chi connectivity index (χ4v) is 5.59. The number of carbonyl (C=O) groups excluding carboxylic acids is 3. The number of esters is 2. The van der Waals surface area contributed by atoms with Crippen LogP contribution in [0.15, 0.2) is 12.1 Å². The average Bonchev–Trinajstić information content (AvgIpc) is 2.99. The standard InChI is InChI=1S/C32H46N6O6/c1-20-28(33-19-26(30(40)44-32(3,4)5)37-31(41)43-18-15-27(39)42-6)34-21(2)35-29(20)38-16-13-23(14-17-38)25-12-11-22-9-7-8-10-24(22)36-25/h11-12,23,26H,7-10,13-19H2,1-6H3,(H,37,41)(H,33,34,35)/t26-/m0/s1. The molecule has 1 aliphatic heterocycles. The maximum absolute atomic E-state index is 13.0. The lowest BCUT2D eigenvalue weighted by Crippen LogP contribution is -2.48. The van der Waals surface area contributed by atoms with Crippen molar-refractivity contribution in [1.29, 1.82) is 0 Å². The molecule has 2 aliphatic rings. The number of alkyl carbamates (subject to hydrolysis) is 1. The minimum atomic E-state index is -1.07. The molecule has 0 spiro atoms. The summed E-state index contributed by atoms with van der Waals surface area (Å²) in [6.45, 7) is 10.5. The Hall–Kier alpha value is -3.96. The first kappa shape index (κ1) is 32.9. The number of ether oxygens (including phenoxy) is 3. The molecule has 0 saturated carbocycles. The molecule has 1 aliphatic carbocycles. The van der Waals surface area contributed by atoms with Crippen LogP contribution >= 0.6 is 0 Å². The molecule has 240 valence electrons. The zero-order valence-electron chi connectivity index (χ0n) is 26.8. The van der Waals surface area contributed by atoms with Gasteiger partial charge in [-0.3, -0.25) is 9.78 Å². The molecule has 44 heavy (non-hydrogen) atoms.